The van der Waals surface area contributed by atoms with E-state index in [1.807, 2.05) is 17.4 Å². The van der Waals surface area contributed by atoms with Gasteiger partial charge in [-0.3, -0.25) is 0 Å². The van der Waals surface area contributed by atoms with Crippen LogP contribution < -0.4 is 4.90 Å². The second-order valence-electron chi connectivity index (χ2n) is 12.0. The smallest absolute Gasteiger partial charge is 0.136 e. The van der Waals surface area contributed by atoms with E-state index in [1.54, 1.807) is 0 Å². The minimum atomic E-state index is 0.896. The first-order valence-electron chi connectivity index (χ1n) is 15.9. The molecule has 0 amide bonds. The van der Waals surface area contributed by atoms with Gasteiger partial charge in [0.15, 0.2) is 0 Å². The summed E-state index contributed by atoms with van der Waals surface area (Å²) in [6.07, 6.45) is 0. The van der Waals surface area contributed by atoms with Crippen molar-refractivity contribution >= 4 is 92.1 Å². The van der Waals surface area contributed by atoms with E-state index in [-0.39, 0.29) is 0 Å². The molecule has 0 radical (unpaired) electrons. The maximum absolute atomic E-state index is 6.37. The number of anilines is 3. The number of fused-ring (bicyclic) bond motifs is 9. The molecule has 0 fully saturated rings. The lowest BCUT2D eigenvalue weighted by Gasteiger charge is -2.30. The van der Waals surface area contributed by atoms with Crippen molar-refractivity contribution in [1.82, 2.24) is 0 Å². The van der Waals surface area contributed by atoms with Gasteiger partial charge in [0.05, 0.1) is 21.8 Å². The predicted molar refractivity (Wildman–Crippen MR) is 202 cm³/mol. The third kappa shape index (κ3) is 3.97. The number of furan rings is 1. The summed E-state index contributed by atoms with van der Waals surface area (Å²) >= 11 is 1.87. The molecule has 0 aliphatic rings. The second kappa shape index (κ2) is 10.3. The number of hydrogen-bond donors (Lipinski definition) is 0. The minimum absolute atomic E-state index is 0.896. The third-order valence-electron chi connectivity index (χ3n) is 9.45. The highest BCUT2D eigenvalue weighted by Gasteiger charge is 2.24. The fraction of sp³-hybridized carbons (Fsp3) is 0. The van der Waals surface area contributed by atoms with E-state index in [2.05, 4.69) is 163 Å². The molecule has 10 aromatic rings. The number of hydrogen-bond acceptors (Lipinski definition) is 3. The molecule has 220 valence electrons. The van der Waals surface area contributed by atoms with Crippen molar-refractivity contribution in [3.63, 3.8) is 0 Å². The van der Waals surface area contributed by atoms with Crippen molar-refractivity contribution in [3.8, 4) is 11.1 Å². The molecule has 2 aromatic heterocycles. The summed E-state index contributed by atoms with van der Waals surface area (Å²) < 4.78 is 8.93. The van der Waals surface area contributed by atoms with Crippen LogP contribution in [-0.4, -0.2) is 0 Å². The van der Waals surface area contributed by atoms with Crippen LogP contribution in [0.5, 0.6) is 0 Å². The van der Waals surface area contributed by atoms with Crippen LogP contribution in [-0.2, 0) is 0 Å². The van der Waals surface area contributed by atoms with E-state index in [4.69, 9.17) is 4.42 Å². The van der Waals surface area contributed by atoms with Gasteiger partial charge in [-0.1, -0.05) is 127 Å². The molecule has 3 heteroatoms. The average Bonchev–Trinajstić information content (AvgIpc) is 3.71. The van der Waals surface area contributed by atoms with Gasteiger partial charge in [0.2, 0.25) is 0 Å². The zero-order valence-electron chi connectivity index (χ0n) is 25.4. The molecule has 0 atom stereocenters. The SMILES string of the molecule is c1ccc(N(c2cc3ccccc3c3ccccc23)c2cccc3c2sc2ccccc23)c(-c2cccc3oc4ccccc4c23)c1. The Morgan fingerprint density at radius 1 is 0.404 bits per heavy atom. The lowest BCUT2D eigenvalue weighted by molar-refractivity contribution is 0.669. The van der Waals surface area contributed by atoms with Gasteiger partial charge in [0.25, 0.3) is 0 Å². The van der Waals surface area contributed by atoms with Crippen molar-refractivity contribution in [2.24, 2.45) is 0 Å². The molecule has 0 saturated carbocycles. The Kier molecular flexibility index (Phi) is 5.78. The van der Waals surface area contributed by atoms with Gasteiger partial charge >= 0.3 is 0 Å². The number of thiophene rings is 1. The van der Waals surface area contributed by atoms with Gasteiger partial charge in [-0.2, -0.15) is 0 Å². The molecule has 47 heavy (non-hydrogen) atoms. The number of benzene rings is 8. The maximum atomic E-state index is 6.37. The van der Waals surface area contributed by atoms with Gasteiger partial charge in [-0.25, -0.2) is 0 Å². The van der Waals surface area contributed by atoms with Crippen molar-refractivity contribution in [2.75, 3.05) is 4.90 Å². The van der Waals surface area contributed by atoms with Crippen LogP contribution in [0.25, 0.3) is 74.8 Å². The highest BCUT2D eigenvalue weighted by Crippen LogP contribution is 2.50. The molecular weight excluding hydrogens is 591 g/mol. The standard InChI is InChI=1S/C44H27NOS/c1-2-14-29-28(13-1)27-39(31-16-4-3-15-30(29)31)45(38-23-11-21-35-33-18-7-10-26-42(33)47-44(35)38)37-22-8-5-17-32(37)34-20-12-25-41-43(34)36-19-6-9-24-40(36)46-41/h1-27H. The number of para-hydroxylation sites is 2. The summed E-state index contributed by atoms with van der Waals surface area (Å²) in [7, 11) is 0. The van der Waals surface area contributed by atoms with Crippen LogP contribution in [0, 0.1) is 0 Å². The van der Waals surface area contributed by atoms with E-state index in [1.165, 1.54) is 47.4 Å². The van der Waals surface area contributed by atoms with E-state index >= 15 is 0 Å². The Bertz CT molecular complexity index is 2820. The molecule has 0 bridgehead atoms. The lowest BCUT2D eigenvalue weighted by atomic mass is 9.95. The molecule has 0 saturated heterocycles. The van der Waals surface area contributed by atoms with E-state index in [9.17, 15) is 0 Å². The quantitative estimate of drug-likeness (QED) is 0.183. The van der Waals surface area contributed by atoms with Gasteiger partial charge in [0, 0.05) is 37.2 Å². The second-order valence-corrected chi connectivity index (χ2v) is 13.1. The highest BCUT2D eigenvalue weighted by molar-refractivity contribution is 7.26. The Balaban J connectivity index is 1.35. The van der Waals surface area contributed by atoms with Crippen molar-refractivity contribution in [3.05, 3.63) is 164 Å². The van der Waals surface area contributed by atoms with Crippen LogP contribution in [0.1, 0.15) is 0 Å². The third-order valence-corrected chi connectivity index (χ3v) is 10.7. The van der Waals surface area contributed by atoms with Crippen molar-refractivity contribution < 1.29 is 4.42 Å². The van der Waals surface area contributed by atoms with Crippen molar-refractivity contribution in [2.45, 2.75) is 0 Å². The summed E-state index contributed by atoms with van der Waals surface area (Å²) in [6, 6.07) is 59.0. The fourth-order valence-electron chi connectivity index (χ4n) is 7.41. The highest BCUT2D eigenvalue weighted by atomic mass is 32.1. The monoisotopic (exact) mass is 617 g/mol. The Labute approximate surface area is 275 Å². The van der Waals surface area contributed by atoms with E-state index in [0.29, 0.717) is 0 Å². The normalized spacial score (nSPS) is 11.8. The zero-order valence-corrected chi connectivity index (χ0v) is 26.2. The first-order valence-corrected chi connectivity index (χ1v) is 16.8. The first-order chi connectivity index (χ1) is 23.3. The van der Waals surface area contributed by atoms with Crippen molar-refractivity contribution in [1.29, 1.82) is 0 Å². The number of rotatable bonds is 4. The molecule has 2 heterocycles. The molecule has 0 spiro atoms. The topological polar surface area (TPSA) is 16.4 Å². The van der Waals surface area contributed by atoms with Crippen LogP contribution in [0.2, 0.25) is 0 Å². The summed E-state index contributed by atoms with van der Waals surface area (Å²) in [5, 5.41) is 9.77. The van der Waals surface area contributed by atoms with Crippen LogP contribution in [0.15, 0.2) is 168 Å². The first kappa shape index (κ1) is 26.3. The van der Waals surface area contributed by atoms with E-state index < -0.39 is 0 Å². The Morgan fingerprint density at radius 2 is 1.02 bits per heavy atom. The summed E-state index contributed by atoms with van der Waals surface area (Å²) in [4.78, 5) is 2.50. The van der Waals surface area contributed by atoms with Gasteiger partial charge in [0.1, 0.15) is 11.2 Å². The molecule has 0 unspecified atom stereocenters. The van der Waals surface area contributed by atoms with Gasteiger partial charge < -0.3 is 9.32 Å². The summed E-state index contributed by atoms with van der Waals surface area (Å²) in [5.74, 6) is 0. The van der Waals surface area contributed by atoms with Crippen LogP contribution in [0.4, 0.5) is 17.1 Å². The molecule has 8 aromatic carbocycles. The summed E-state index contributed by atoms with van der Waals surface area (Å²) in [5.41, 5.74) is 7.55. The minimum Gasteiger partial charge on any atom is -0.456 e. The average molecular weight is 618 g/mol. The predicted octanol–water partition coefficient (Wildman–Crippen LogP) is 13.4. The molecule has 0 N–H and O–H groups in total. The molecule has 0 aliphatic carbocycles. The lowest BCUT2D eigenvalue weighted by Crippen LogP contribution is -2.12. The van der Waals surface area contributed by atoms with Gasteiger partial charge in [-0.15, -0.1) is 11.3 Å². The largest absolute Gasteiger partial charge is 0.456 e. The summed E-state index contributed by atoms with van der Waals surface area (Å²) in [6.45, 7) is 0. The zero-order chi connectivity index (χ0) is 30.9. The maximum Gasteiger partial charge on any atom is 0.136 e. The van der Waals surface area contributed by atoms with Crippen LogP contribution >= 0.6 is 11.3 Å². The van der Waals surface area contributed by atoms with Crippen LogP contribution in [0.3, 0.4) is 0 Å². The molecule has 2 nitrogen and oxygen atoms in total. The van der Waals surface area contributed by atoms with E-state index in [0.717, 1.165) is 44.4 Å². The fourth-order valence-corrected chi connectivity index (χ4v) is 8.62. The Hall–Kier alpha value is -5.90. The number of nitrogens with zero attached hydrogens (tertiary/aromatic N) is 1. The molecule has 10 rings (SSSR count). The van der Waals surface area contributed by atoms with Gasteiger partial charge in [-0.05, 0) is 58.1 Å². The molecule has 0 aliphatic heterocycles. The molecular formula is C44H27NOS. The Morgan fingerprint density at radius 3 is 1.94 bits per heavy atom.